The van der Waals surface area contributed by atoms with Crippen molar-refractivity contribution < 1.29 is 23.1 Å². The summed E-state index contributed by atoms with van der Waals surface area (Å²) in [5.74, 6) is 0.177. The van der Waals surface area contributed by atoms with Crippen LogP contribution in [0, 0.1) is 12.8 Å². The third-order valence-corrected chi connectivity index (χ3v) is 4.35. The molecule has 6 nitrogen and oxygen atoms in total. The second-order valence-corrected chi connectivity index (χ2v) is 6.80. The molecule has 0 atom stereocenters. The average molecular weight is 389 g/mol. The summed E-state index contributed by atoms with van der Waals surface area (Å²) in [6, 6.07) is 4.94. The molecule has 1 aliphatic carbocycles. The van der Waals surface area contributed by atoms with E-state index in [9.17, 15) is 18.4 Å². The Morgan fingerprint density at radius 1 is 1.29 bits per heavy atom. The number of Topliss-reactive ketones (excluding diaryl/α,β-unsaturated/α-hetero) is 1. The van der Waals surface area contributed by atoms with E-state index in [0.717, 1.165) is 12.8 Å². The summed E-state index contributed by atoms with van der Waals surface area (Å²) >= 11 is 0. The van der Waals surface area contributed by atoms with Crippen LogP contribution in [0.1, 0.15) is 40.0 Å². The number of carbonyl (C=O) groups is 2. The Hall–Kier alpha value is -2.90. The quantitative estimate of drug-likeness (QED) is 0.713. The van der Waals surface area contributed by atoms with Gasteiger partial charge in [0.2, 0.25) is 5.88 Å². The lowest BCUT2D eigenvalue weighted by Crippen LogP contribution is -2.23. The van der Waals surface area contributed by atoms with Crippen LogP contribution in [-0.4, -0.2) is 34.7 Å². The molecule has 148 valence electrons. The van der Waals surface area contributed by atoms with E-state index in [1.807, 2.05) is 0 Å². The first kappa shape index (κ1) is 19.9. The highest BCUT2D eigenvalue weighted by atomic mass is 19.3. The smallest absolute Gasteiger partial charge is 0.272 e. The van der Waals surface area contributed by atoms with Crippen molar-refractivity contribution in [1.82, 2.24) is 15.3 Å². The molecule has 0 radical (unpaired) electrons. The van der Waals surface area contributed by atoms with Crippen LogP contribution in [0.4, 0.5) is 8.78 Å². The Kier molecular flexibility index (Phi) is 6.28. The number of ketones is 1. The van der Waals surface area contributed by atoms with Crippen molar-refractivity contribution in [2.24, 2.45) is 5.92 Å². The van der Waals surface area contributed by atoms with Gasteiger partial charge >= 0.3 is 0 Å². The van der Waals surface area contributed by atoms with Gasteiger partial charge in [-0.1, -0.05) is 0 Å². The summed E-state index contributed by atoms with van der Waals surface area (Å²) in [5.41, 5.74) is 2.34. The molecule has 3 rings (SSSR count). The van der Waals surface area contributed by atoms with Crippen molar-refractivity contribution in [2.75, 3.05) is 6.61 Å². The van der Waals surface area contributed by atoms with Crippen molar-refractivity contribution in [2.45, 2.75) is 39.2 Å². The predicted octanol–water partition coefficient (Wildman–Crippen LogP) is 2.88. The van der Waals surface area contributed by atoms with Gasteiger partial charge in [0.05, 0.1) is 0 Å². The zero-order chi connectivity index (χ0) is 20.1. The second kappa shape index (κ2) is 8.86. The summed E-state index contributed by atoms with van der Waals surface area (Å²) in [4.78, 5) is 32.5. The van der Waals surface area contributed by atoms with E-state index in [-0.39, 0.29) is 36.5 Å². The molecule has 1 fully saturated rings. The van der Waals surface area contributed by atoms with Crippen LogP contribution in [0.5, 0.6) is 5.88 Å². The molecule has 2 aromatic heterocycles. The number of halogens is 2. The summed E-state index contributed by atoms with van der Waals surface area (Å²) in [6.45, 7) is 1.21. The molecule has 2 aromatic rings. The number of aryl methyl sites for hydroxylation is 1. The van der Waals surface area contributed by atoms with Gasteiger partial charge in [0.25, 0.3) is 12.3 Å². The highest BCUT2D eigenvalue weighted by molar-refractivity contribution is 5.94. The van der Waals surface area contributed by atoms with Crippen LogP contribution >= 0.6 is 0 Å². The molecule has 1 amide bonds. The van der Waals surface area contributed by atoms with Gasteiger partial charge in [-0.15, -0.1) is 0 Å². The van der Waals surface area contributed by atoms with Crippen molar-refractivity contribution in [3.8, 4) is 5.88 Å². The number of hydrogen-bond donors (Lipinski definition) is 1. The van der Waals surface area contributed by atoms with E-state index < -0.39 is 13.0 Å². The molecule has 1 saturated carbocycles. The first-order valence-corrected chi connectivity index (χ1v) is 9.04. The minimum atomic E-state index is -2.56. The monoisotopic (exact) mass is 389 g/mol. The minimum absolute atomic E-state index is 0.148. The van der Waals surface area contributed by atoms with Gasteiger partial charge in [-0.2, -0.15) is 0 Å². The van der Waals surface area contributed by atoms with Crippen molar-refractivity contribution >= 4 is 11.7 Å². The molecule has 1 N–H and O–H groups in total. The van der Waals surface area contributed by atoms with Crippen molar-refractivity contribution in [3.05, 3.63) is 53.0 Å². The highest BCUT2D eigenvalue weighted by Gasteiger charge is 2.29. The van der Waals surface area contributed by atoms with Gasteiger partial charge in [0.1, 0.15) is 5.78 Å². The van der Waals surface area contributed by atoms with Gasteiger partial charge in [-0.3, -0.25) is 14.6 Å². The predicted molar refractivity (Wildman–Crippen MR) is 97.3 cm³/mol. The van der Waals surface area contributed by atoms with Crippen LogP contribution in [-0.2, 0) is 17.8 Å². The van der Waals surface area contributed by atoms with Crippen LogP contribution in [0.25, 0.3) is 0 Å². The third-order valence-electron chi connectivity index (χ3n) is 4.35. The van der Waals surface area contributed by atoms with Gasteiger partial charge in [0.15, 0.2) is 6.61 Å². The average Bonchev–Trinajstić information content (AvgIpc) is 3.50. The summed E-state index contributed by atoms with van der Waals surface area (Å²) in [5, 5.41) is 2.78. The lowest BCUT2D eigenvalue weighted by molar-refractivity contribution is -0.119. The van der Waals surface area contributed by atoms with Crippen LogP contribution < -0.4 is 10.1 Å². The molecule has 28 heavy (non-hydrogen) atoms. The Morgan fingerprint density at radius 3 is 2.75 bits per heavy atom. The van der Waals surface area contributed by atoms with Crippen LogP contribution in [0.3, 0.4) is 0 Å². The molecule has 0 aliphatic heterocycles. The van der Waals surface area contributed by atoms with Gasteiger partial charge in [-0.05, 0) is 43.5 Å². The maximum Gasteiger partial charge on any atom is 0.272 e. The zero-order valence-corrected chi connectivity index (χ0v) is 15.5. The fraction of sp³-hybridized carbons (Fsp3) is 0.400. The van der Waals surface area contributed by atoms with E-state index in [1.54, 1.807) is 25.1 Å². The molecular formula is C20H21F2N3O3. The minimum Gasteiger partial charge on any atom is -0.471 e. The third kappa shape index (κ3) is 5.55. The zero-order valence-electron chi connectivity index (χ0n) is 15.5. The number of aromatic nitrogens is 2. The number of pyridine rings is 2. The molecule has 2 heterocycles. The number of amides is 1. The van der Waals surface area contributed by atoms with E-state index >= 15 is 0 Å². The number of alkyl halides is 2. The van der Waals surface area contributed by atoms with E-state index in [2.05, 4.69) is 15.3 Å². The largest absolute Gasteiger partial charge is 0.471 e. The van der Waals surface area contributed by atoms with Gasteiger partial charge < -0.3 is 10.1 Å². The van der Waals surface area contributed by atoms with E-state index in [0.29, 0.717) is 22.4 Å². The summed E-state index contributed by atoms with van der Waals surface area (Å²) < 4.78 is 29.4. The molecular weight excluding hydrogens is 368 g/mol. The topological polar surface area (TPSA) is 81.2 Å². The fourth-order valence-electron chi connectivity index (χ4n) is 2.74. The molecule has 0 saturated heterocycles. The number of rotatable bonds is 9. The Bertz CT molecular complexity index is 870. The SMILES string of the molecule is Cc1cc(CNC(=O)c2ccnc(CC(=O)C3CC3)c2)cnc1OCC(F)F. The molecule has 0 aromatic carbocycles. The number of nitrogens with one attached hydrogen (secondary N) is 1. The molecule has 0 spiro atoms. The fourth-order valence-corrected chi connectivity index (χ4v) is 2.74. The summed E-state index contributed by atoms with van der Waals surface area (Å²) in [6.07, 6.45) is 2.56. The van der Waals surface area contributed by atoms with Crippen molar-refractivity contribution in [3.63, 3.8) is 0 Å². The number of carbonyl (C=O) groups excluding carboxylic acids is 2. The van der Waals surface area contributed by atoms with Crippen LogP contribution in [0.15, 0.2) is 30.6 Å². The number of ether oxygens (including phenoxy) is 1. The maximum absolute atomic E-state index is 12.4. The molecule has 1 aliphatic rings. The normalized spacial score (nSPS) is 13.4. The molecule has 8 heteroatoms. The molecule has 0 bridgehead atoms. The van der Waals surface area contributed by atoms with Gasteiger partial charge in [-0.25, -0.2) is 13.8 Å². The Balaban J connectivity index is 1.56. The first-order chi connectivity index (χ1) is 13.4. The number of nitrogens with zero attached hydrogens (tertiary/aromatic N) is 2. The lowest BCUT2D eigenvalue weighted by Gasteiger charge is -2.10. The first-order valence-electron chi connectivity index (χ1n) is 9.04. The Labute approximate surface area is 161 Å². The molecule has 0 unspecified atom stereocenters. The van der Waals surface area contributed by atoms with E-state index in [1.165, 1.54) is 12.4 Å². The van der Waals surface area contributed by atoms with Crippen molar-refractivity contribution in [1.29, 1.82) is 0 Å². The number of hydrogen-bond acceptors (Lipinski definition) is 5. The maximum atomic E-state index is 12.4. The second-order valence-electron chi connectivity index (χ2n) is 6.80. The summed E-state index contributed by atoms with van der Waals surface area (Å²) in [7, 11) is 0. The van der Waals surface area contributed by atoms with Gasteiger partial charge in [0, 0.05) is 48.1 Å². The highest BCUT2D eigenvalue weighted by Crippen LogP contribution is 2.30. The standard InChI is InChI=1S/C20H21F2N3O3/c1-12-6-13(10-25-20(12)28-11-18(21)22)9-24-19(27)15-4-5-23-16(7-15)8-17(26)14-2-3-14/h4-7,10,14,18H,2-3,8-9,11H2,1H3,(H,24,27). The Morgan fingerprint density at radius 2 is 2.07 bits per heavy atom. The van der Waals surface area contributed by atoms with E-state index in [4.69, 9.17) is 4.74 Å². The van der Waals surface area contributed by atoms with Crippen LogP contribution in [0.2, 0.25) is 0 Å². The lowest BCUT2D eigenvalue weighted by atomic mass is 10.1.